The molecule has 1 aromatic carbocycles. The van der Waals surface area contributed by atoms with E-state index in [-0.39, 0.29) is 6.61 Å². The molecule has 0 radical (unpaired) electrons. The van der Waals surface area contributed by atoms with Crippen LogP contribution in [0.2, 0.25) is 5.02 Å². The second-order valence-electron chi connectivity index (χ2n) is 4.09. The maximum Gasteiger partial charge on any atom is 0.344 e. The van der Waals surface area contributed by atoms with Crippen molar-refractivity contribution in [2.45, 2.75) is 13.8 Å². The zero-order chi connectivity index (χ0) is 15.8. The van der Waals surface area contributed by atoms with Gasteiger partial charge in [0.1, 0.15) is 5.75 Å². The minimum atomic E-state index is -0.708. The lowest BCUT2D eigenvalue weighted by Gasteiger charge is -2.08. The Morgan fingerprint density at radius 3 is 2.52 bits per heavy atom. The fourth-order valence-corrected chi connectivity index (χ4v) is 1.35. The lowest BCUT2D eigenvalue weighted by Crippen LogP contribution is -2.42. The van der Waals surface area contributed by atoms with Crippen LogP contribution in [0.3, 0.4) is 0 Å². The van der Waals surface area contributed by atoms with Crippen molar-refractivity contribution in [3.05, 3.63) is 28.8 Å². The lowest BCUT2D eigenvalue weighted by atomic mass is 10.2. The van der Waals surface area contributed by atoms with Crippen LogP contribution in [0.5, 0.6) is 5.75 Å². The van der Waals surface area contributed by atoms with Crippen LogP contribution in [-0.4, -0.2) is 31.0 Å². The van der Waals surface area contributed by atoms with E-state index >= 15 is 0 Å². The highest BCUT2D eigenvalue weighted by atomic mass is 35.5. The van der Waals surface area contributed by atoms with Crippen molar-refractivity contribution in [3.63, 3.8) is 0 Å². The van der Waals surface area contributed by atoms with Gasteiger partial charge in [0.15, 0.2) is 13.2 Å². The molecular weight excluding hydrogens is 300 g/mol. The van der Waals surface area contributed by atoms with E-state index in [1.54, 1.807) is 25.1 Å². The van der Waals surface area contributed by atoms with Gasteiger partial charge in [-0.05, 0) is 30.7 Å². The third kappa shape index (κ3) is 6.62. The summed E-state index contributed by atoms with van der Waals surface area (Å²) in [5.41, 5.74) is 4.94. The van der Waals surface area contributed by atoms with Crippen LogP contribution in [0.1, 0.15) is 12.5 Å². The van der Waals surface area contributed by atoms with E-state index in [1.807, 2.05) is 0 Å². The van der Waals surface area contributed by atoms with Gasteiger partial charge in [0, 0.05) is 11.9 Å². The number of hydrogen-bond donors (Lipinski definition) is 2. The number of hydrogen-bond acceptors (Lipinski definition) is 5. The molecule has 0 bridgehead atoms. The summed E-state index contributed by atoms with van der Waals surface area (Å²) in [6, 6.07) is 4.95. The van der Waals surface area contributed by atoms with E-state index in [0.29, 0.717) is 10.8 Å². The average molecular weight is 315 g/mol. The SMILES string of the molecule is CC(=O)NNC(=O)COC(=O)COc1ccc(Cl)c(C)c1. The molecule has 0 aliphatic heterocycles. The number of esters is 1. The summed E-state index contributed by atoms with van der Waals surface area (Å²) in [6.45, 7) is 2.19. The molecule has 7 nitrogen and oxygen atoms in total. The van der Waals surface area contributed by atoms with Crippen molar-refractivity contribution in [1.82, 2.24) is 10.9 Å². The Labute approximate surface area is 126 Å². The Morgan fingerprint density at radius 2 is 1.90 bits per heavy atom. The number of ether oxygens (including phenoxy) is 2. The van der Waals surface area contributed by atoms with E-state index in [4.69, 9.17) is 16.3 Å². The second kappa shape index (κ2) is 8.11. The summed E-state index contributed by atoms with van der Waals surface area (Å²) in [5.74, 6) is -1.32. The minimum absolute atomic E-state index is 0.339. The molecule has 114 valence electrons. The summed E-state index contributed by atoms with van der Waals surface area (Å²) >= 11 is 5.86. The van der Waals surface area contributed by atoms with Crippen LogP contribution in [0.4, 0.5) is 0 Å². The van der Waals surface area contributed by atoms with Crippen molar-refractivity contribution < 1.29 is 23.9 Å². The predicted octanol–water partition coefficient (Wildman–Crippen LogP) is 0.738. The van der Waals surface area contributed by atoms with Gasteiger partial charge in [0.25, 0.3) is 5.91 Å². The molecule has 21 heavy (non-hydrogen) atoms. The van der Waals surface area contributed by atoms with E-state index in [0.717, 1.165) is 5.56 Å². The minimum Gasteiger partial charge on any atom is -0.482 e. The van der Waals surface area contributed by atoms with E-state index < -0.39 is 24.4 Å². The molecule has 0 fully saturated rings. The van der Waals surface area contributed by atoms with E-state index in [1.165, 1.54) is 6.92 Å². The van der Waals surface area contributed by atoms with E-state index in [2.05, 4.69) is 15.6 Å². The number of rotatable bonds is 5. The summed E-state index contributed by atoms with van der Waals surface area (Å²) < 4.78 is 9.86. The maximum atomic E-state index is 11.4. The first-order valence-corrected chi connectivity index (χ1v) is 6.36. The number of aryl methyl sites for hydroxylation is 1. The van der Waals surface area contributed by atoms with Gasteiger partial charge in [-0.25, -0.2) is 4.79 Å². The molecule has 0 aliphatic carbocycles. The van der Waals surface area contributed by atoms with Gasteiger partial charge >= 0.3 is 5.97 Å². The first-order valence-electron chi connectivity index (χ1n) is 5.98. The number of carbonyl (C=O) groups is 3. The monoisotopic (exact) mass is 314 g/mol. The zero-order valence-electron chi connectivity index (χ0n) is 11.6. The molecule has 0 unspecified atom stereocenters. The number of carbonyl (C=O) groups excluding carboxylic acids is 3. The van der Waals surface area contributed by atoms with Crippen LogP contribution in [0.15, 0.2) is 18.2 Å². The third-order valence-corrected chi connectivity index (χ3v) is 2.65. The summed E-state index contributed by atoms with van der Waals surface area (Å²) in [7, 11) is 0. The number of halogens is 1. The molecule has 1 rings (SSSR count). The second-order valence-corrected chi connectivity index (χ2v) is 4.50. The smallest absolute Gasteiger partial charge is 0.344 e. The van der Waals surface area contributed by atoms with Crippen LogP contribution in [0, 0.1) is 6.92 Å². The van der Waals surface area contributed by atoms with Crippen LogP contribution in [-0.2, 0) is 19.1 Å². The van der Waals surface area contributed by atoms with Crippen LogP contribution in [0.25, 0.3) is 0 Å². The molecule has 1 aromatic rings. The lowest BCUT2D eigenvalue weighted by molar-refractivity contribution is -0.150. The van der Waals surface area contributed by atoms with Gasteiger partial charge in [-0.3, -0.25) is 20.4 Å². The molecule has 0 spiro atoms. The van der Waals surface area contributed by atoms with Gasteiger partial charge in [-0.1, -0.05) is 11.6 Å². The van der Waals surface area contributed by atoms with E-state index in [9.17, 15) is 14.4 Å². The molecule has 0 saturated heterocycles. The fourth-order valence-electron chi connectivity index (χ4n) is 1.23. The number of benzene rings is 1. The first kappa shape index (κ1) is 16.8. The quantitative estimate of drug-likeness (QED) is 0.617. The predicted molar refractivity (Wildman–Crippen MR) is 74.6 cm³/mol. The Balaban J connectivity index is 2.29. The molecular formula is C13H15ClN2O5. The summed E-state index contributed by atoms with van der Waals surface area (Å²) in [6.07, 6.45) is 0. The Bertz CT molecular complexity index is 547. The molecule has 0 heterocycles. The number of nitrogens with one attached hydrogen (secondary N) is 2. The number of hydrazine groups is 1. The highest BCUT2D eigenvalue weighted by Crippen LogP contribution is 2.20. The number of amides is 2. The van der Waals surface area contributed by atoms with Gasteiger partial charge < -0.3 is 9.47 Å². The van der Waals surface area contributed by atoms with Crippen molar-refractivity contribution >= 4 is 29.4 Å². The zero-order valence-corrected chi connectivity index (χ0v) is 12.3. The Morgan fingerprint density at radius 1 is 1.19 bits per heavy atom. The Hall–Kier alpha value is -2.28. The molecule has 0 saturated carbocycles. The molecule has 0 aliphatic rings. The van der Waals surface area contributed by atoms with Crippen LogP contribution < -0.4 is 15.6 Å². The normalized spacial score (nSPS) is 9.67. The highest BCUT2D eigenvalue weighted by Gasteiger charge is 2.09. The fraction of sp³-hybridized carbons (Fsp3) is 0.308. The largest absolute Gasteiger partial charge is 0.482 e. The Kier molecular flexibility index (Phi) is 6.48. The molecule has 2 N–H and O–H groups in total. The van der Waals surface area contributed by atoms with Gasteiger partial charge in [0.05, 0.1) is 0 Å². The maximum absolute atomic E-state index is 11.4. The van der Waals surface area contributed by atoms with Gasteiger partial charge in [-0.15, -0.1) is 0 Å². The standard InChI is InChI=1S/C13H15ClN2O5/c1-8-5-10(3-4-11(8)14)20-7-13(19)21-6-12(18)16-15-9(2)17/h3-5H,6-7H2,1-2H3,(H,15,17)(H,16,18). The summed E-state index contributed by atoms with van der Waals surface area (Å²) in [5, 5.41) is 0.597. The first-order chi connectivity index (χ1) is 9.88. The average Bonchev–Trinajstić information content (AvgIpc) is 2.44. The molecule has 0 aromatic heterocycles. The van der Waals surface area contributed by atoms with Gasteiger partial charge in [0.2, 0.25) is 5.91 Å². The highest BCUT2D eigenvalue weighted by molar-refractivity contribution is 6.31. The van der Waals surface area contributed by atoms with Crippen molar-refractivity contribution in [2.75, 3.05) is 13.2 Å². The van der Waals surface area contributed by atoms with Crippen LogP contribution >= 0.6 is 11.6 Å². The summed E-state index contributed by atoms with van der Waals surface area (Å²) in [4.78, 5) is 33.1. The topological polar surface area (TPSA) is 93.7 Å². The third-order valence-electron chi connectivity index (χ3n) is 2.23. The van der Waals surface area contributed by atoms with Gasteiger partial charge in [-0.2, -0.15) is 0 Å². The molecule has 0 atom stereocenters. The van der Waals surface area contributed by atoms with Crippen molar-refractivity contribution in [2.24, 2.45) is 0 Å². The van der Waals surface area contributed by atoms with Crippen molar-refractivity contribution in [3.8, 4) is 5.75 Å². The molecule has 8 heteroatoms. The molecule has 2 amide bonds. The van der Waals surface area contributed by atoms with Crippen molar-refractivity contribution in [1.29, 1.82) is 0 Å².